The van der Waals surface area contributed by atoms with E-state index in [0.717, 1.165) is 43.9 Å². The third-order valence-electron chi connectivity index (χ3n) is 7.54. The Bertz CT molecular complexity index is 1400. The summed E-state index contributed by atoms with van der Waals surface area (Å²) in [6.45, 7) is 2.18. The largest absolute Gasteiger partial charge is 0.534 e. The maximum atomic E-state index is 15.2. The fraction of sp³-hybridized carbons (Fsp3) is 0.448. The van der Waals surface area contributed by atoms with E-state index in [1.807, 2.05) is 0 Å². The average Bonchev–Trinajstić information content (AvgIpc) is 2.87. The van der Waals surface area contributed by atoms with E-state index in [9.17, 15) is 26.0 Å². The molecular weight excluding hydrogens is 542 g/mol. The molecule has 39 heavy (non-hydrogen) atoms. The highest BCUT2D eigenvalue weighted by Gasteiger charge is 2.49. The van der Waals surface area contributed by atoms with Gasteiger partial charge in [0.25, 0.3) is 0 Å². The van der Waals surface area contributed by atoms with Crippen LogP contribution < -0.4 is 4.18 Å². The van der Waals surface area contributed by atoms with Gasteiger partial charge in [-0.15, -0.1) is 0 Å². The van der Waals surface area contributed by atoms with Crippen LogP contribution in [0.3, 0.4) is 0 Å². The van der Waals surface area contributed by atoms with Gasteiger partial charge in [-0.05, 0) is 78.3 Å². The second-order valence-electron chi connectivity index (χ2n) is 10.2. The molecule has 0 aliphatic heterocycles. The molecule has 0 heterocycles. The molecule has 0 radical (unpaired) electrons. The molecular formula is C29H30F6O3S. The smallest absolute Gasteiger partial charge is 0.373 e. The third kappa shape index (κ3) is 6.53. The molecule has 4 rings (SSSR count). The van der Waals surface area contributed by atoms with Gasteiger partial charge in [-0.3, -0.25) is 0 Å². The first-order valence-corrected chi connectivity index (χ1v) is 14.5. The van der Waals surface area contributed by atoms with Crippen molar-refractivity contribution in [3.8, 4) is 16.9 Å². The molecule has 1 saturated carbocycles. The lowest BCUT2D eigenvalue weighted by molar-refractivity contribution is -0.0500. The highest BCUT2D eigenvalue weighted by atomic mass is 32.2. The van der Waals surface area contributed by atoms with Crippen molar-refractivity contribution in [3.05, 3.63) is 65.5 Å². The summed E-state index contributed by atoms with van der Waals surface area (Å²) in [5.41, 5.74) is -5.31. The molecule has 0 unspecified atom stereocenters. The van der Waals surface area contributed by atoms with Crippen LogP contribution in [0.2, 0.25) is 0 Å². The standard InChI is InChI=1S/C29H30F6O3S/c1-2-3-4-5-6-18-7-9-19(10-8-18)22-16-24(30)27(25(31)17-22)21-11-13-23-20(15-21)12-14-26(28(23)32)38-39(36,37)29(33,34)35/h11-19H,2-10H2,1H3. The van der Waals surface area contributed by atoms with E-state index < -0.39 is 38.8 Å². The Balaban J connectivity index is 1.52. The van der Waals surface area contributed by atoms with Crippen molar-refractivity contribution in [2.24, 2.45) is 5.92 Å². The molecule has 3 aromatic carbocycles. The van der Waals surface area contributed by atoms with E-state index in [1.165, 1.54) is 56.4 Å². The van der Waals surface area contributed by atoms with Gasteiger partial charge in [0.2, 0.25) is 0 Å². The van der Waals surface area contributed by atoms with Gasteiger partial charge in [0.15, 0.2) is 11.6 Å². The van der Waals surface area contributed by atoms with Crippen molar-refractivity contribution >= 4 is 20.9 Å². The predicted octanol–water partition coefficient (Wildman–Crippen LogP) is 9.40. The Morgan fingerprint density at radius 3 is 2.15 bits per heavy atom. The van der Waals surface area contributed by atoms with Crippen LogP contribution in [0.1, 0.15) is 76.2 Å². The quantitative estimate of drug-likeness (QED) is 0.111. The van der Waals surface area contributed by atoms with E-state index in [1.54, 1.807) is 0 Å². The molecule has 10 heteroatoms. The lowest BCUT2D eigenvalue weighted by atomic mass is 9.76. The number of alkyl halides is 3. The molecule has 1 aliphatic rings. The number of benzene rings is 3. The van der Waals surface area contributed by atoms with E-state index in [4.69, 9.17) is 0 Å². The van der Waals surface area contributed by atoms with Crippen molar-refractivity contribution in [1.82, 2.24) is 0 Å². The highest BCUT2D eigenvalue weighted by Crippen LogP contribution is 2.40. The Labute approximate surface area is 224 Å². The maximum Gasteiger partial charge on any atom is 0.534 e. The molecule has 0 bridgehead atoms. The molecule has 0 saturated heterocycles. The highest BCUT2D eigenvalue weighted by molar-refractivity contribution is 7.88. The topological polar surface area (TPSA) is 43.4 Å². The van der Waals surface area contributed by atoms with Gasteiger partial charge in [-0.1, -0.05) is 57.2 Å². The van der Waals surface area contributed by atoms with Crippen LogP contribution in [-0.2, 0) is 10.1 Å². The number of fused-ring (bicyclic) bond motifs is 1. The molecule has 1 fully saturated rings. The normalized spacial score (nSPS) is 18.4. The van der Waals surface area contributed by atoms with Gasteiger partial charge < -0.3 is 4.18 Å². The Hall–Kier alpha value is -2.75. The maximum absolute atomic E-state index is 15.2. The number of hydrogen-bond donors (Lipinski definition) is 0. The minimum Gasteiger partial charge on any atom is -0.373 e. The van der Waals surface area contributed by atoms with Crippen molar-refractivity contribution in [3.63, 3.8) is 0 Å². The van der Waals surface area contributed by atoms with E-state index in [-0.39, 0.29) is 27.8 Å². The van der Waals surface area contributed by atoms with Crippen molar-refractivity contribution in [1.29, 1.82) is 0 Å². The summed E-state index contributed by atoms with van der Waals surface area (Å²) in [6.07, 6.45) is 9.92. The molecule has 212 valence electrons. The summed E-state index contributed by atoms with van der Waals surface area (Å²) in [7, 11) is -6.07. The summed E-state index contributed by atoms with van der Waals surface area (Å²) in [5.74, 6) is -3.27. The van der Waals surface area contributed by atoms with E-state index >= 15 is 8.78 Å². The summed E-state index contributed by atoms with van der Waals surface area (Å²) in [5, 5.41) is -0.167. The van der Waals surface area contributed by atoms with Crippen LogP contribution in [0.15, 0.2) is 42.5 Å². The van der Waals surface area contributed by atoms with Crippen LogP contribution in [0.5, 0.6) is 5.75 Å². The number of hydrogen-bond acceptors (Lipinski definition) is 3. The van der Waals surface area contributed by atoms with Gasteiger partial charge >= 0.3 is 15.6 Å². The molecule has 0 aromatic heterocycles. The number of unbranched alkanes of at least 4 members (excludes halogenated alkanes) is 3. The third-order valence-corrected chi connectivity index (χ3v) is 8.50. The second-order valence-corrected chi connectivity index (χ2v) is 11.8. The molecule has 0 atom stereocenters. The first-order valence-electron chi connectivity index (χ1n) is 13.1. The fourth-order valence-corrected chi connectivity index (χ4v) is 5.87. The van der Waals surface area contributed by atoms with Crippen molar-refractivity contribution in [2.75, 3.05) is 0 Å². The molecule has 0 N–H and O–H groups in total. The van der Waals surface area contributed by atoms with Gasteiger partial charge in [0.1, 0.15) is 11.6 Å². The lowest BCUT2D eigenvalue weighted by Gasteiger charge is -2.29. The van der Waals surface area contributed by atoms with Gasteiger partial charge in [-0.25, -0.2) is 13.2 Å². The van der Waals surface area contributed by atoms with Crippen LogP contribution >= 0.6 is 0 Å². The zero-order valence-electron chi connectivity index (χ0n) is 21.5. The molecule has 1 aliphatic carbocycles. The second kappa shape index (κ2) is 11.8. The number of halogens is 6. The summed E-state index contributed by atoms with van der Waals surface area (Å²) >= 11 is 0. The first kappa shape index (κ1) is 29.2. The summed E-state index contributed by atoms with van der Waals surface area (Å²) in [4.78, 5) is 0. The zero-order valence-corrected chi connectivity index (χ0v) is 22.3. The minimum absolute atomic E-state index is 0.0760. The molecule has 0 amide bonds. The Morgan fingerprint density at radius 2 is 1.54 bits per heavy atom. The van der Waals surface area contributed by atoms with Crippen LogP contribution in [-0.4, -0.2) is 13.9 Å². The minimum atomic E-state index is -6.07. The first-order chi connectivity index (χ1) is 18.4. The summed E-state index contributed by atoms with van der Waals surface area (Å²) in [6, 6.07) is 8.14. The van der Waals surface area contributed by atoms with Crippen LogP contribution in [0, 0.1) is 23.4 Å². The number of rotatable bonds is 9. The van der Waals surface area contributed by atoms with E-state index in [0.29, 0.717) is 11.5 Å². The predicted molar refractivity (Wildman–Crippen MR) is 138 cm³/mol. The molecule has 0 spiro atoms. The lowest BCUT2D eigenvalue weighted by Crippen LogP contribution is -2.28. The SMILES string of the molecule is CCCCCCC1CCC(c2cc(F)c(-c3ccc4c(F)c(OS(=O)(=O)C(F)(F)F)ccc4c3)c(F)c2)CC1. The van der Waals surface area contributed by atoms with Gasteiger partial charge in [-0.2, -0.15) is 21.6 Å². The molecule has 3 nitrogen and oxygen atoms in total. The van der Waals surface area contributed by atoms with Crippen LogP contribution in [0.4, 0.5) is 26.3 Å². The monoisotopic (exact) mass is 572 g/mol. The van der Waals surface area contributed by atoms with Gasteiger partial charge in [0.05, 0.1) is 5.56 Å². The van der Waals surface area contributed by atoms with Crippen molar-refractivity contribution < 1.29 is 38.9 Å². The molecule has 3 aromatic rings. The van der Waals surface area contributed by atoms with Crippen LogP contribution in [0.25, 0.3) is 21.9 Å². The average molecular weight is 573 g/mol. The zero-order chi connectivity index (χ0) is 28.4. The Morgan fingerprint density at radius 1 is 0.872 bits per heavy atom. The fourth-order valence-electron chi connectivity index (χ4n) is 5.41. The Kier molecular flexibility index (Phi) is 8.83. The van der Waals surface area contributed by atoms with E-state index in [2.05, 4.69) is 11.1 Å². The van der Waals surface area contributed by atoms with Crippen molar-refractivity contribution in [2.45, 2.75) is 76.1 Å². The summed E-state index contributed by atoms with van der Waals surface area (Å²) < 4.78 is 109. The van der Waals surface area contributed by atoms with Gasteiger partial charge in [0, 0.05) is 5.39 Å².